The van der Waals surface area contributed by atoms with Gasteiger partial charge in [-0.25, -0.2) is 9.78 Å². The van der Waals surface area contributed by atoms with Crippen molar-refractivity contribution in [3.8, 4) is 0 Å². The molecule has 1 aliphatic rings. The van der Waals surface area contributed by atoms with Crippen molar-refractivity contribution in [2.45, 2.75) is 25.3 Å². The molecular formula is C11H14N6OS. The molecule has 0 aromatic carbocycles. The minimum absolute atomic E-state index is 0.243. The average molecular weight is 278 g/mol. The number of rotatable bonds is 5. The first-order valence-electron chi connectivity index (χ1n) is 6.15. The summed E-state index contributed by atoms with van der Waals surface area (Å²) in [4.78, 5) is 15.6. The molecule has 2 aromatic heterocycles. The lowest BCUT2D eigenvalue weighted by Gasteiger charge is -2.06. The van der Waals surface area contributed by atoms with Crippen LogP contribution in [0.4, 0.5) is 9.93 Å². The molecule has 0 atom stereocenters. The predicted octanol–water partition coefficient (Wildman–Crippen LogP) is 1.43. The number of aromatic nitrogens is 4. The highest BCUT2D eigenvalue weighted by molar-refractivity contribution is 7.13. The summed E-state index contributed by atoms with van der Waals surface area (Å²) in [5.74, 6) is 0.928. The van der Waals surface area contributed by atoms with Gasteiger partial charge in [0, 0.05) is 30.6 Å². The average Bonchev–Trinajstić information content (AvgIpc) is 2.92. The van der Waals surface area contributed by atoms with Crippen LogP contribution < -0.4 is 10.6 Å². The highest BCUT2D eigenvalue weighted by Gasteiger charge is 2.25. The Balaban J connectivity index is 1.45. The summed E-state index contributed by atoms with van der Waals surface area (Å²) in [7, 11) is 0. The Hall–Kier alpha value is -1.96. The summed E-state index contributed by atoms with van der Waals surface area (Å²) < 4.78 is 2.10. The second-order valence-electron chi connectivity index (χ2n) is 4.35. The molecule has 2 amide bonds. The van der Waals surface area contributed by atoms with Gasteiger partial charge in [0.2, 0.25) is 0 Å². The Bertz CT molecular complexity index is 547. The van der Waals surface area contributed by atoms with Crippen LogP contribution in [0.15, 0.2) is 17.9 Å². The summed E-state index contributed by atoms with van der Waals surface area (Å²) in [5.41, 5.74) is 0. The highest BCUT2D eigenvalue weighted by Crippen LogP contribution is 2.35. The van der Waals surface area contributed by atoms with Gasteiger partial charge in [0.05, 0.1) is 0 Å². The lowest BCUT2D eigenvalue weighted by atomic mass is 10.4. The molecule has 19 heavy (non-hydrogen) atoms. The summed E-state index contributed by atoms with van der Waals surface area (Å²) >= 11 is 1.39. The van der Waals surface area contributed by atoms with Crippen LogP contribution >= 0.6 is 11.3 Å². The first kappa shape index (κ1) is 12.1. The zero-order chi connectivity index (χ0) is 13.1. The minimum atomic E-state index is -0.243. The fourth-order valence-corrected chi connectivity index (χ4v) is 2.34. The van der Waals surface area contributed by atoms with Gasteiger partial charge in [-0.05, 0) is 12.8 Å². The van der Waals surface area contributed by atoms with Crippen molar-refractivity contribution >= 4 is 22.5 Å². The van der Waals surface area contributed by atoms with Gasteiger partial charge in [-0.1, -0.05) is 0 Å². The van der Waals surface area contributed by atoms with Crippen LogP contribution in [-0.4, -0.2) is 32.3 Å². The molecule has 0 radical (unpaired) electrons. The van der Waals surface area contributed by atoms with Crippen molar-refractivity contribution in [2.24, 2.45) is 0 Å². The molecule has 2 heterocycles. The van der Waals surface area contributed by atoms with Gasteiger partial charge < -0.3 is 9.88 Å². The topological polar surface area (TPSA) is 84.7 Å². The van der Waals surface area contributed by atoms with E-state index in [1.807, 2.05) is 5.38 Å². The number of amides is 2. The summed E-state index contributed by atoms with van der Waals surface area (Å²) in [6, 6.07) is 0.321. The molecular weight excluding hydrogens is 264 g/mol. The molecule has 2 aromatic rings. The van der Waals surface area contributed by atoms with Crippen LogP contribution in [0.5, 0.6) is 0 Å². The SMILES string of the molecule is O=C(NCCc1nncn1C1CC1)Nc1nccs1. The van der Waals surface area contributed by atoms with Crippen LogP contribution in [-0.2, 0) is 6.42 Å². The van der Waals surface area contributed by atoms with Crippen LogP contribution in [0.3, 0.4) is 0 Å². The minimum Gasteiger partial charge on any atom is -0.337 e. The number of nitrogens with zero attached hydrogens (tertiary/aromatic N) is 4. The second kappa shape index (κ2) is 5.35. The summed E-state index contributed by atoms with van der Waals surface area (Å²) in [6.45, 7) is 0.530. The quantitative estimate of drug-likeness (QED) is 0.866. The molecule has 1 aliphatic carbocycles. The van der Waals surface area contributed by atoms with Gasteiger partial charge in [-0.3, -0.25) is 5.32 Å². The third kappa shape index (κ3) is 3.08. The van der Waals surface area contributed by atoms with Crippen molar-refractivity contribution < 1.29 is 4.79 Å². The number of nitrogens with one attached hydrogen (secondary N) is 2. The highest BCUT2D eigenvalue weighted by atomic mass is 32.1. The maximum atomic E-state index is 11.6. The second-order valence-corrected chi connectivity index (χ2v) is 5.25. The fourth-order valence-electron chi connectivity index (χ4n) is 1.82. The van der Waals surface area contributed by atoms with E-state index < -0.39 is 0 Å². The zero-order valence-electron chi connectivity index (χ0n) is 10.2. The fraction of sp³-hybridized carbons (Fsp3) is 0.455. The van der Waals surface area contributed by atoms with E-state index in [4.69, 9.17) is 0 Å². The Morgan fingerprint density at radius 2 is 2.42 bits per heavy atom. The molecule has 0 spiro atoms. The normalized spacial score (nSPS) is 14.3. The molecule has 0 unspecified atom stereocenters. The third-order valence-corrected chi connectivity index (χ3v) is 3.56. The van der Waals surface area contributed by atoms with E-state index in [9.17, 15) is 4.79 Å². The Morgan fingerprint density at radius 1 is 1.53 bits per heavy atom. The number of urea groups is 1. The van der Waals surface area contributed by atoms with Gasteiger partial charge in [0.15, 0.2) is 5.13 Å². The number of carbonyl (C=O) groups excluding carboxylic acids is 1. The molecule has 1 saturated carbocycles. The maximum Gasteiger partial charge on any atom is 0.321 e. The van der Waals surface area contributed by atoms with E-state index in [0.29, 0.717) is 24.1 Å². The van der Waals surface area contributed by atoms with Gasteiger partial charge >= 0.3 is 6.03 Å². The molecule has 0 bridgehead atoms. The number of anilines is 1. The lowest BCUT2D eigenvalue weighted by molar-refractivity contribution is 0.252. The Morgan fingerprint density at radius 3 is 3.16 bits per heavy atom. The van der Waals surface area contributed by atoms with E-state index in [0.717, 1.165) is 5.82 Å². The largest absolute Gasteiger partial charge is 0.337 e. The number of hydrogen-bond acceptors (Lipinski definition) is 5. The van der Waals surface area contributed by atoms with Gasteiger partial charge in [-0.15, -0.1) is 21.5 Å². The predicted molar refractivity (Wildman–Crippen MR) is 71.1 cm³/mol. The van der Waals surface area contributed by atoms with Gasteiger partial charge in [0.25, 0.3) is 0 Å². The standard InChI is InChI=1S/C11H14N6OS/c18-10(15-11-13-5-6-19-11)12-4-3-9-16-14-7-17(9)8-1-2-8/h5-8H,1-4H2,(H2,12,13,15,18). The molecule has 8 heteroatoms. The van der Waals surface area contributed by atoms with Crippen LogP contribution in [0.1, 0.15) is 24.7 Å². The molecule has 0 aliphatic heterocycles. The molecule has 100 valence electrons. The molecule has 0 saturated heterocycles. The van der Waals surface area contributed by atoms with E-state index in [1.165, 1.54) is 24.2 Å². The number of thiazole rings is 1. The monoisotopic (exact) mass is 278 g/mol. The van der Waals surface area contributed by atoms with Gasteiger partial charge in [-0.2, -0.15) is 0 Å². The van der Waals surface area contributed by atoms with Crippen molar-refractivity contribution in [1.29, 1.82) is 0 Å². The lowest BCUT2D eigenvalue weighted by Crippen LogP contribution is -2.30. The Kier molecular flexibility index (Phi) is 3.41. The van der Waals surface area contributed by atoms with Crippen molar-refractivity contribution in [3.05, 3.63) is 23.7 Å². The van der Waals surface area contributed by atoms with Gasteiger partial charge in [0.1, 0.15) is 12.2 Å². The van der Waals surface area contributed by atoms with Crippen molar-refractivity contribution in [1.82, 2.24) is 25.1 Å². The van der Waals surface area contributed by atoms with E-state index in [-0.39, 0.29) is 6.03 Å². The maximum absolute atomic E-state index is 11.6. The van der Waals surface area contributed by atoms with Crippen molar-refractivity contribution in [3.63, 3.8) is 0 Å². The molecule has 1 fully saturated rings. The van der Waals surface area contributed by atoms with Crippen LogP contribution in [0.25, 0.3) is 0 Å². The van der Waals surface area contributed by atoms with E-state index >= 15 is 0 Å². The Labute approximate surface area is 114 Å². The van der Waals surface area contributed by atoms with E-state index in [2.05, 4.69) is 30.4 Å². The smallest absolute Gasteiger partial charge is 0.321 e. The first-order chi connectivity index (χ1) is 9.33. The number of hydrogen-bond donors (Lipinski definition) is 2. The van der Waals surface area contributed by atoms with Crippen molar-refractivity contribution in [2.75, 3.05) is 11.9 Å². The third-order valence-electron chi connectivity index (χ3n) is 2.87. The zero-order valence-corrected chi connectivity index (χ0v) is 11.1. The molecule has 7 nitrogen and oxygen atoms in total. The van der Waals surface area contributed by atoms with Crippen LogP contribution in [0, 0.1) is 0 Å². The summed E-state index contributed by atoms with van der Waals surface area (Å²) in [6.07, 6.45) is 6.49. The van der Waals surface area contributed by atoms with Crippen LogP contribution in [0.2, 0.25) is 0 Å². The summed E-state index contributed by atoms with van der Waals surface area (Å²) in [5, 5.41) is 15.9. The first-order valence-corrected chi connectivity index (χ1v) is 7.03. The van der Waals surface area contributed by atoms with E-state index in [1.54, 1.807) is 12.5 Å². The molecule has 3 rings (SSSR count). The number of carbonyl (C=O) groups is 1. The molecule has 2 N–H and O–H groups in total.